The molecule has 0 aliphatic carbocycles. The van der Waals surface area contributed by atoms with Gasteiger partial charge in [0.1, 0.15) is 23.0 Å². The molecule has 0 saturated carbocycles. The van der Waals surface area contributed by atoms with Crippen LogP contribution in [0.25, 0.3) is 10.8 Å². The molecule has 2 aromatic carbocycles. The Morgan fingerprint density at radius 3 is 0.958 bits per heavy atom. The summed E-state index contributed by atoms with van der Waals surface area (Å²) in [6.45, 7) is 31.8. The summed E-state index contributed by atoms with van der Waals surface area (Å²) in [7, 11) is 3.28. The number of ether oxygens (including phenoxy) is 4. The van der Waals surface area contributed by atoms with Crippen LogP contribution in [-0.2, 0) is 28.9 Å². The minimum Gasteiger partial charge on any atom is -0.426 e. The zero-order chi connectivity index (χ0) is 53.9. The van der Waals surface area contributed by atoms with Gasteiger partial charge in [0, 0.05) is 67.2 Å². The molecule has 2 N–H and O–H groups in total. The number of rotatable bonds is 10. The third-order valence-corrected chi connectivity index (χ3v) is 16.4. The summed E-state index contributed by atoms with van der Waals surface area (Å²) in [5, 5.41) is 29.6. The van der Waals surface area contributed by atoms with Crippen LogP contribution in [0.5, 0.6) is 23.0 Å². The average Bonchev–Trinajstić information content (AvgIpc) is 3.50. The molecule has 6 rings (SSSR count). The van der Waals surface area contributed by atoms with E-state index in [1.165, 1.54) is 22.3 Å². The minimum atomic E-state index is -0.789. The smallest absolute Gasteiger partial charge is 0.314 e. The molecule has 16 nitrogen and oxygen atoms in total. The second-order valence-corrected chi connectivity index (χ2v) is 26.5. The van der Waals surface area contributed by atoms with E-state index in [-0.39, 0.29) is 45.7 Å². The van der Waals surface area contributed by atoms with E-state index >= 15 is 0 Å². The Bertz CT molecular complexity index is 2350. The van der Waals surface area contributed by atoms with Gasteiger partial charge >= 0.3 is 23.9 Å². The fraction of sp³-hybridized carbons (Fsp3) is 0.750. The Hall–Kier alpha value is -3.74. The van der Waals surface area contributed by atoms with Crippen LogP contribution in [0.1, 0.15) is 188 Å². The lowest BCUT2D eigenvalue weighted by Gasteiger charge is -2.45. The number of esters is 4. The van der Waals surface area contributed by atoms with Crippen molar-refractivity contribution >= 4 is 34.6 Å². The molecule has 4 saturated heterocycles. The maximum atomic E-state index is 14.7. The maximum Gasteiger partial charge on any atom is 0.314 e. The van der Waals surface area contributed by atoms with Gasteiger partial charge in [-0.05, 0) is 200 Å². The van der Waals surface area contributed by atoms with Gasteiger partial charge in [0.25, 0.3) is 0 Å². The van der Waals surface area contributed by atoms with Crippen LogP contribution in [0.4, 0.5) is 0 Å². The van der Waals surface area contributed by atoms with Gasteiger partial charge in [-0.2, -0.15) is 20.3 Å². The van der Waals surface area contributed by atoms with E-state index in [0.717, 1.165) is 0 Å². The van der Waals surface area contributed by atoms with Crippen LogP contribution in [0.2, 0.25) is 0 Å². The molecule has 4 unspecified atom stereocenters. The molecule has 4 aliphatic rings. The van der Waals surface area contributed by atoms with Gasteiger partial charge < -0.3 is 39.0 Å². The molecule has 0 radical (unpaired) electrons. The highest BCUT2D eigenvalue weighted by Gasteiger charge is 2.49. The predicted octanol–water partition coefficient (Wildman–Crippen LogP) is 11.0. The van der Waals surface area contributed by atoms with E-state index in [1.807, 2.05) is 93.2 Å². The molecule has 4 heterocycles. The van der Waals surface area contributed by atoms with Gasteiger partial charge in [-0.15, -0.1) is 0 Å². The van der Waals surface area contributed by atoms with Gasteiger partial charge in [0.2, 0.25) is 0 Å². The summed E-state index contributed by atoms with van der Waals surface area (Å²) < 4.78 is 25.5. The highest BCUT2D eigenvalue weighted by atomic mass is 16.7. The summed E-state index contributed by atoms with van der Waals surface area (Å²) in [4.78, 5) is 70.0. The van der Waals surface area contributed by atoms with Gasteiger partial charge in [-0.3, -0.25) is 19.2 Å². The number of benzene rings is 2. The van der Waals surface area contributed by atoms with Crippen LogP contribution >= 0.6 is 0 Å². The first-order valence-corrected chi connectivity index (χ1v) is 26.1. The molecule has 4 atom stereocenters. The lowest BCUT2D eigenvalue weighted by Crippen LogP contribution is -2.53. The SMILES string of the molecule is CON1C(C)(C)CCC(C(=O)Oc2cc(OC(=O)C3CCC(C)(C)N(O)C(C)(C)C3)c3cc(OC(=O)C4CCC(C)(C)N(O)C(C)(C)C4)cc(OC(=O)C4CCC(C)(C)N(OC)C(C)(C)C4)c3c2)CC1(C)C. The van der Waals surface area contributed by atoms with Gasteiger partial charge in [-0.25, -0.2) is 0 Å². The highest BCUT2D eigenvalue weighted by molar-refractivity contribution is 5.99. The van der Waals surface area contributed by atoms with Crippen LogP contribution in [0.15, 0.2) is 24.3 Å². The standard InChI is InChI=1S/C56H88N4O12/c1-49(2)23-19-35(31-53(9,10)57(49)65)45(61)69-39-27-41-42(44(29-39)72-48(64)38-22-26-52(7,8)60(68-18)56(15,16)34-38)28-40(70-46(62)37-21-25-51(5,6)59(67-17)55(13,14)33-37)30-43(41)71-47(63)36-20-24-50(3,4)58(66)54(11,12)32-36/h27-30,35-38,65-66H,19-26,31-34H2,1-18H3. The maximum absolute atomic E-state index is 14.7. The van der Waals surface area contributed by atoms with Crippen molar-refractivity contribution in [3.8, 4) is 23.0 Å². The Kier molecular flexibility index (Phi) is 16.3. The second kappa shape index (κ2) is 20.4. The quantitative estimate of drug-likeness (QED) is 0.170. The van der Waals surface area contributed by atoms with Crippen molar-refractivity contribution in [2.24, 2.45) is 23.7 Å². The van der Waals surface area contributed by atoms with Crippen molar-refractivity contribution in [3.05, 3.63) is 24.3 Å². The number of hydrogen-bond acceptors (Lipinski definition) is 16. The van der Waals surface area contributed by atoms with Crippen LogP contribution in [-0.4, -0.2) is 113 Å². The molecule has 72 heavy (non-hydrogen) atoms. The monoisotopic (exact) mass is 1010 g/mol. The van der Waals surface area contributed by atoms with E-state index in [0.29, 0.717) is 70.6 Å². The lowest BCUT2D eigenvalue weighted by molar-refractivity contribution is -0.246. The zero-order valence-corrected chi connectivity index (χ0v) is 46.9. The first-order valence-electron chi connectivity index (χ1n) is 26.1. The topological polar surface area (TPSA) is 177 Å². The van der Waals surface area contributed by atoms with Gasteiger partial charge in [0.15, 0.2) is 0 Å². The Morgan fingerprint density at radius 2 is 0.667 bits per heavy atom. The van der Waals surface area contributed by atoms with E-state index in [4.69, 9.17) is 28.6 Å². The fourth-order valence-corrected chi connectivity index (χ4v) is 13.2. The van der Waals surface area contributed by atoms with Crippen molar-refractivity contribution in [3.63, 3.8) is 0 Å². The number of fused-ring (bicyclic) bond motifs is 1. The summed E-state index contributed by atoms with van der Waals surface area (Å²) in [5.74, 6) is -4.26. The third-order valence-electron chi connectivity index (χ3n) is 16.4. The molecule has 0 aromatic heterocycles. The Morgan fingerprint density at radius 1 is 0.403 bits per heavy atom. The van der Waals surface area contributed by atoms with Crippen molar-refractivity contribution in [2.75, 3.05) is 14.2 Å². The number of carbonyl (C=O) groups is 4. The lowest BCUT2D eigenvalue weighted by atomic mass is 9.89. The molecule has 404 valence electrons. The normalized spacial score (nSPS) is 28.3. The van der Waals surface area contributed by atoms with Gasteiger partial charge in [0.05, 0.1) is 37.9 Å². The molecule has 16 heteroatoms. The summed E-state index contributed by atoms with van der Waals surface area (Å²) >= 11 is 0. The Labute approximate surface area is 429 Å². The third kappa shape index (κ3) is 12.2. The van der Waals surface area contributed by atoms with E-state index in [1.54, 1.807) is 26.4 Å². The van der Waals surface area contributed by atoms with Crippen LogP contribution in [0.3, 0.4) is 0 Å². The minimum absolute atomic E-state index is 0.00640. The molecule has 0 bridgehead atoms. The fourth-order valence-electron chi connectivity index (χ4n) is 13.2. The number of hydrogen-bond donors (Lipinski definition) is 2. The molecule has 0 spiro atoms. The first-order chi connectivity index (χ1) is 33.0. The molecule has 0 amide bonds. The zero-order valence-electron chi connectivity index (χ0n) is 46.9. The Balaban J connectivity index is 1.48. The summed E-state index contributed by atoms with van der Waals surface area (Å²) in [5.41, 5.74) is -4.66. The van der Waals surface area contributed by atoms with Crippen molar-refractivity contribution < 1.29 is 58.2 Å². The first kappa shape index (κ1) is 57.5. The molecule has 4 aliphatic heterocycles. The van der Waals surface area contributed by atoms with Crippen molar-refractivity contribution in [1.82, 2.24) is 20.3 Å². The largest absolute Gasteiger partial charge is 0.426 e. The van der Waals surface area contributed by atoms with E-state index in [9.17, 15) is 29.6 Å². The molecule has 2 aromatic rings. The van der Waals surface area contributed by atoms with Crippen LogP contribution in [0, 0.1) is 23.7 Å². The van der Waals surface area contributed by atoms with Gasteiger partial charge in [-0.1, -0.05) is 0 Å². The van der Waals surface area contributed by atoms with Crippen molar-refractivity contribution in [1.29, 1.82) is 0 Å². The molecular formula is C56H88N4O12. The van der Waals surface area contributed by atoms with Crippen molar-refractivity contribution in [2.45, 2.75) is 232 Å². The molecule has 4 fully saturated rings. The van der Waals surface area contributed by atoms with E-state index < -0.39 is 86.3 Å². The summed E-state index contributed by atoms with van der Waals surface area (Å²) in [6.07, 6.45) is 5.64. The number of nitrogens with zero attached hydrogens (tertiary/aromatic N) is 4. The van der Waals surface area contributed by atoms with Crippen LogP contribution < -0.4 is 18.9 Å². The molecular weight excluding hydrogens is 921 g/mol. The number of hydroxylamine groups is 8. The number of carbonyl (C=O) groups excluding carboxylic acids is 4. The second-order valence-electron chi connectivity index (χ2n) is 26.5. The van der Waals surface area contributed by atoms with E-state index in [2.05, 4.69) is 27.7 Å². The highest BCUT2D eigenvalue weighted by Crippen LogP contribution is 2.47. The summed E-state index contributed by atoms with van der Waals surface area (Å²) in [6, 6.07) is 6.17. The average molecular weight is 1010 g/mol. The predicted molar refractivity (Wildman–Crippen MR) is 273 cm³/mol.